The van der Waals surface area contributed by atoms with Gasteiger partial charge < -0.3 is 14.4 Å². The first kappa shape index (κ1) is 23.1. The Labute approximate surface area is 210 Å². The third-order valence-corrected chi connectivity index (χ3v) is 7.30. The van der Waals surface area contributed by atoms with Crippen molar-refractivity contribution in [3.8, 4) is 21.7 Å². The molecule has 3 aromatic carbocycles. The fraction of sp³-hybridized carbons (Fsp3) is 0.148. The van der Waals surface area contributed by atoms with E-state index in [9.17, 15) is 14.7 Å². The van der Waals surface area contributed by atoms with E-state index in [1.165, 1.54) is 17.4 Å². The molecule has 0 fully saturated rings. The van der Waals surface area contributed by atoms with Crippen LogP contribution in [0.2, 0.25) is 5.02 Å². The Morgan fingerprint density at radius 3 is 2.57 bits per heavy atom. The fourth-order valence-electron chi connectivity index (χ4n) is 4.34. The van der Waals surface area contributed by atoms with Gasteiger partial charge in [-0.3, -0.25) is 0 Å². The van der Waals surface area contributed by atoms with Gasteiger partial charge in [-0.05, 0) is 55.8 Å². The second-order valence-corrected chi connectivity index (χ2v) is 9.44. The summed E-state index contributed by atoms with van der Waals surface area (Å²) in [7, 11) is 0. The Kier molecular flexibility index (Phi) is 6.05. The lowest BCUT2D eigenvalue weighted by Crippen LogP contribution is -2.21. The minimum absolute atomic E-state index is 0.0950. The Morgan fingerprint density at radius 1 is 1.06 bits per heavy atom. The van der Waals surface area contributed by atoms with Crippen LogP contribution >= 0.6 is 22.9 Å². The summed E-state index contributed by atoms with van der Waals surface area (Å²) in [5, 5.41) is 11.5. The minimum Gasteiger partial charge on any atom is -0.478 e. The number of carboxylic acids is 1. The zero-order valence-corrected chi connectivity index (χ0v) is 20.6. The molecular weight excluding hydrogens is 484 g/mol. The molecule has 5 aromatic rings. The average Bonchev–Trinajstić information content (AvgIpc) is 3.26. The van der Waals surface area contributed by atoms with Crippen molar-refractivity contribution < 1.29 is 14.3 Å². The number of thiazole rings is 1. The summed E-state index contributed by atoms with van der Waals surface area (Å²) >= 11 is 7.48. The first-order valence-electron chi connectivity index (χ1n) is 11.2. The van der Waals surface area contributed by atoms with Gasteiger partial charge in [0.1, 0.15) is 16.2 Å². The minimum atomic E-state index is -1.08. The lowest BCUT2D eigenvalue weighted by atomic mass is 9.93. The van der Waals surface area contributed by atoms with Gasteiger partial charge in [-0.15, -0.1) is 11.3 Å². The molecule has 1 N–H and O–H groups in total. The van der Waals surface area contributed by atoms with Crippen molar-refractivity contribution >= 4 is 55.8 Å². The Morgan fingerprint density at radius 2 is 1.83 bits per heavy atom. The van der Waals surface area contributed by atoms with Crippen LogP contribution in [0, 0.1) is 0 Å². The van der Waals surface area contributed by atoms with Gasteiger partial charge in [0.15, 0.2) is 0 Å². The van der Waals surface area contributed by atoms with Crippen LogP contribution in [0.1, 0.15) is 24.2 Å². The number of hydrogen-bond acceptors (Lipinski definition) is 6. The van der Waals surface area contributed by atoms with E-state index in [2.05, 4.69) is 23.7 Å². The molecule has 0 aliphatic heterocycles. The molecule has 0 atom stereocenters. The van der Waals surface area contributed by atoms with E-state index in [0.29, 0.717) is 37.6 Å². The van der Waals surface area contributed by atoms with E-state index < -0.39 is 11.6 Å². The van der Waals surface area contributed by atoms with Crippen LogP contribution in [-0.2, 0) is 0 Å². The second-order valence-electron chi connectivity index (χ2n) is 7.97. The smallest absolute Gasteiger partial charge is 0.347 e. The topological polar surface area (TPSA) is 83.6 Å². The van der Waals surface area contributed by atoms with Gasteiger partial charge in [0, 0.05) is 40.8 Å². The fourth-order valence-corrected chi connectivity index (χ4v) is 5.50. The molecule has 0 unspecified atom stereocenters. The van der Waals surface area contributed by atoms with Crippen molar-refractivity contribution in [2.75, 3.05) is 18.0 Å². The highest BCUT2D eigenvalue weighted by atomic mass is 35.5. The molecule has 0 aliphatic rings. The number of hydrogen-bond donors (Lipinski definition) is 1. The molecule has 0 bridgehead atoms. The van der Waals surface area contributed by atoms with Crippen molar-refractivity contribution in [2.45, 2.75) is 13.8 Å². The largest absolute Gasteiger partial charge is 0.478 e. The van der Waals surface area contributed by atoms with E-state index in [1.807, 2.05) is 24.3 Å². The van der Waals surface area contributed by atoms with Crippen LogP contribution in [0.15, 0.2) is 69.9 Å². The number of anilines is 1. The van der Waals surface area contributed by atoms with Gasteiger partial charge in [-0.1, -0.05) is 29.8 Å². The summed E-state index contributed by atoms with van der Waals surface area (Å²) in [6, 6.07) is 17.7. The number of fused-ring (bicyclic) bond motifs is 2. The number of halogens is 1. The van der Waals surface area contributed by atoms with E-state index >= 15 is 0 Å². The van der Waals surface area contributed by atoms with Crippen molar-refractivity contribution in [3.05, 3.63) is 81.7 Å². The molecule has 0 radical (unpaired) electrons. The highest BCUT2D eigenvalue weighted by Crippen LogP contribution is 2.41. The first-order valence-corrected chi connectivity index (χ1v) is 12.4. The van der Waals surface area contributed by atoms with E-state index in [1.54, 1.807) is 30.3 Å². The van der Waals surface area contributed by atoms with Crippen LogP contribution in [0.4, 0.5) is 5.69 Å². The highest BCUT2D eigenvalue weighted by Gasteiger charge is 2.24. The summed E-state index contributed by atoms with van der Waals surface area (Å²) in [5.41, 5.74) is 2.65. The standard InChI is InChI=1S/C27H21ClN2O4S/c1-3-30(4-2)16-10-11-19-21(14-16)34-27(33)24(23(19)17-7-5-6-8-18(17)26(31)32)25-29-20-13-15(28)9-12-22(20)35-25/h5-14H,3-4H2,1-2H3,(H,31,32). The molecule has 8 heteroatoms. The number of carboxylic acid groups (broad SMARTS) is 1. The van der Waals surface area contributed by atoms with Crippen LogP contribution < -0.4 is 10.5 Å². The summed E-state index contributed by atoms with van der Waals surface area (Å²) in [6.45, 7) is 5.71. The van der Waals surface area contributed by atoms with Crippen LogP contribution in [0.3, 0.4) is 0 Å². The predicted molar refractivity (Wildman–Crippen MR) is 142 cm³/mol. The molecule has 5 rings (SSSR count). The highest BCUT2D eigenvalue weighted by molar-refractivity contribution is 7.21. The first-order chi connectivity index (χ1) is 16.9. The lowest BCUT2D eigenvalue weighted by molar-refractivity contribution is 0.0697. The quantitative estimate of drug-likeness (QED) is 0.252. The van der Waals surface area contributed by atoms with E-state index in [0.717, 1.165) is 23.5 Å². The monoisotopic (exact) mass is 504 g/mol. The summed E-state index contributed by atoms with van der Waals surface area (Å²) in [6.07, 6.45) is 0. The normalized spacial score (nSPS) is 11.3. The van der Waals surface area contributed by atoms with Gasteiger partial charge in [-0.25, -0.2) is 14.6 Å². The molecule has 2 aromatic heterocycles. The number of rotatable bonds is 6. The maximum absolute atomic E-state index is 13.5. The number of nitrogens with zero attached hydrogens (tertiary/aromatic N) is 2. The van der Waals surface area contributed by atoms with Crippen LogP contribution in [-0.4, -0.2) is 29.1 Å². The summed E-state index contributed by atoms with van der Waals surface area (Å²) < 4.78 is 6.68. The molecule has 0 spiro atoms. The van der Waals surface area contributed by atoms with Gasteiger partial charge in [0.05, 0.1) is 15.8 Å². The molecule has 176 valence electrons. The molecule has 6 nitrogen and oxygen atoms in total. The third-order valence-electron chi connectivity index (χ3n) is 6.01. The average molecular weight is 505 g/mol. The zero-order valence-electron chi connectivity index (χ0n) is 19.0. The van der Waals surface area contributed by atoms with E-state index in [-0.39, 0.29) is 11.1 Å². The van der Waals surface area contributed by atoms with Crippen molar-refractivity contribution in [1.29, 1.82) is 0 Å². The molecule has 35 heavy (non-hydrogen) atoms. The van der Waals surface area contributed by atoms with Gasteiger partial charge >= 0.3 is 11.6 Å². The molecule has 2 heterocycles. The Hall–Kier alpha value is -3.68. The zero-order chi connectivity index (χ0) is 24.7. The number of carbonyl (C=O) groups is 1. The number of benzene rings is 3. The molecule has 0 aliphatic carbocycles. The summed E-state index contributed by atoms with van der Waals surface area (Å²) in [4.78, 5) is 32.4. The second kappa shape index (κ2) is 9.17. The molecular formula is C27H21ClN2O4S. The molecule has 0 amide bonds. The number of aromatic nitrogens is 1. The van der Waals surface area contributed by atoms with Crippen molar-refractivity contribution in [1.82, 2.24) is 4.98 Å². The predicted octanol–water partition coefficient (Wildman–Crippen LogP) is 6.93. The molecule has 0 saturated heterocycles. The maximum Gasteiger partial charge on any atom is 0.347 e. The van der Waals surface area contributed by atoms with Crippen molar-refractivity contribution in [3.63, 3.8) is 0 Å². The molecule has 0 saturated carbocycles. The Balaban J connectivity index is 1.88. The number of aromatic carboxylic acids is 1. The maximum atomic E-state index is 13.5. The SMILES string of the molecule is CCN(CC)c1ccc2c(-c3ccccc3C(=O)O)c(-c3nc4cc(Cl)ccc4s3)c(=O)oc2c1. The van der Waals surface area contributed by atoms with Crippen molar-refractivity contribution in [2.24, 2.45) is 0 Å². The van der Waals surface area contributed by atoms with Crippen LogP contribution in [0.5, 0.6) is 0 Å². The van der Waals surface area contributed by atoms with E-state index in [4.69, 9.17) is 16.0 Å². The van der Waals surface area contributed by atoms with Gasteiger partial charge in [0.2, 0.25) is 0 Å². The lowest BCUT2D eigenvalue weighted by Gasteiger charge is -2.21. The van der Waals surface area contributed by atoms with Crippen LogP contribution in [0.25, 0.3) is 42.9 Å². The van der Waals surface area contributed by atoms with Gasteiger partial charge in [0.25, 0.3) is 0 Å². The third kappa shape index (κ3) is 4.07. The summed E-state index contributed by atoms with van der Waals surface area (Å²) in [5.74, 6) is -1.08. The Bertz CT molecular complexity index is 1650. The van der Waals surface area contributed by atoms with Gasteiger partial charge in [-0.2, -0.15) is 0 Å².